The molecule has 0 N–H and O–H groups in total. The second-order valence-electron chi connectivity index (χ2n) is 4.71. The average Bonchev–Trinajstić information content (AvgIpc) is 3.06. The van der Waals surface area contributed by atoms with Crippen LogP contribution in [-0.2, 0) is 11.8 Å². The predicted molar refractivity (Wildman–Crippen MR) is 66.2 cm³/mol. The minimum atomic E-state index is 0.210. The summed E-state index contributed by atoms with van der Waals surface area (Å²) in [4.78, 5) is 4.42. The topological polar surface area (TPSA) is 76.9 Å². The summed E-state index contributed by atoms with van der Waals surface area (Å²) in [5, 5.41) is 12.9. The third-order valence-corrected chi connectivity index (χ3v) is 3.32. The van der Waals surface area contributed by atoms with Crippen molar-refractivity contribution in [1.29, 1.82) is 5.26 Å². The summed E-state index contributed by atoms with van der Waals surface area (Å²) in [5.74, 6) is 1.35. The van der Waals surface area contributed by atoms with Gasteiger partial charge in [-0.05, 0) is 18.9 Å². The first kappa shape index (κ1) is 11.9. The third-order valence-electron chi connectivity index (χ3n) is 3.32. The van der Waals surface area contributed by atoms with E-state index in [1.807, 2.05) is 11.6 Å². The lowest BCUT2D eigenvalue weighted by molar-refractivity contribution is 0.0773. The fraction of sp³-hybridized carbons (Fsp3) is 0.462. The van der Waals surface area contributed by atoms with Gasteiger partial charge in [0.15, 0.2) is 5.82 Å². The number of rotatable bonds is 2. The van der Waals surface area contributed by atoms with E-state index in [9.17, 15) is 0 Å². The summed E-state index contributed by atoms with van der Waals surface area (Å²) in [5.41, 5.74) is 1.34. The molecule has 6 heteroatoms. The maximum absolute atomic E-state index is 8.88. The number of aryl methyl sites for hydroxylation is 1. The van der Waals surface area contributed by atoms with Crippen molar-refractivity contribution in [3.8, 4) is 17.7 Å². The monoisotopic (exact) mass is 258 g/mol. The van der Waals surface area contributed by atoms with Crippen LogP contribution in [0, 0.1) is 11.3 Å². The van der Waals surface area contributed by atoms with Gasteiger partial charge in [0.25, 0.3) is 5.89 Å². The normalized spacial score (nSPS) is 19.3. The molecule has 98 valence electrons. The summed E-state index contributed by atoms with van der Waals surface area (Å²) in [6, 6.07) is 3.84. The Labute approximate surface area is 110 Å². The lowest BCUT2D eigenvalue weighted by Crippen LogP contribution is -2.16. The average molecular weight is 258 g/mol. The molecule has 1 fully saturated rings. The Hall–Kier alpha value is -2.13. The molecule has 3 rings (SSSR count). The van der Waals surface area contributed by atoms with Gasteiger partial charge in [-0.25, -0.2) is 0 Å². The zero-order valence-electron chi connectivity index (χ0n) is 10.7. The molecule has 0 saturated carbocycles. The largest absolute Gasteiger partial charge is 0.381 e. The van der Waals surface area contributed by atoms with Crippen LogP contribution < -0.4 is 0 Å². The Morgan fingerprint density at radius 3 is 3.11 bits per heavy atom. The highest BCUT2D eigenvalue weighted by Crippen LogP contribution is 2.26. The molecule has 2 aromatic heterocycles. The van der Waals surface area contributed by atoms with Gasteiger partial charge in [0.2, 0.25) is 0 Å². The van der Waals surface area contributed by atoms with Crippen molar-refractivity contribution < 1.29 is 9.26 Å². The van der Waals surface area contributed by atoms with Gasteiger partial charge in [-0.2, -0.15) is 10.2 Å². The van der Waals surface area contributed by atoms with Gasteiger partial charge in [0.1, 0.15) is 11.8 Å². The summed E-state index contributed by atoms with van der Waals surface area (Å²) in [7, 11) is 1.85. The van der Waals surface area contributed by atoms with Crippen LogP contribution in [-0.4, -0.2) is 27.9 Å². The number of nitrogens with zero attached hydrogens (tertiary/aromatic N) is 4. The van der Waals surface area contributed by atoms with Gasteiger partial charge in [0.05, 0.1) is 12.2 Å². The first-order chi connectivity index (χ1) is 9.28. The number of nitriles is 1. The number of hydrogen-bond donors (Lipinski definition) is 0. The molecule has 0 aromatic carbocycles. The van der Waals surface area contributed by atoms with Crippen LogP contribution in [0.15, 0.2) is 16.8 Å². The minimum absolute atomic E-state index is 0.210. The van der Waals surface area contributed by atoms with E-state index in [2.05, 4.69) is 16.2 Å². The molecule has 0 bridgehead atoms. The van der Waals surface area contributed by atoms with Crippen LogP contribution in [0.2, 0.25) is 0 Å². The van der Waals surface area contributed by atoms with Gasteiger partial charge in [0, 0.05) is 25.8 Å². The number of ether oxygens (including phenoxy) is 1. The molecule has 1 aliphatic heterocycles. The zero-order valence-corrected chi connectivity index (χ0v) is 10.7. The van der Waals surface area contributed by atoms with E-state index in [0.717, 1.165) is 25.1 Å². The lowest BCUT2D eigenvalue weighted by Gasteiger charge is -2.18. The molecule has 6 nitrogen and oxygen atoms in total. The molecule has 0 aliphatic carbocycles. The molecular weight excluding hydrogens is 244 g/mol. The quantitative estimate of drug-likeness (QED) is 0.821. The first-order valence-corrected chi connectivity index (χ1v) is 6.26. The fourth-order valence-corrected chi connectivity index (χ4v) is 2.29. The van der Waals surface area contributed by atoms with Crippen molar-refractivity contribution >= 4 is 0 Å². The molecule has 0 spiro atoms. The van der Waals surface area contributed by atoms with Crippen molar-refractivity contribution in [3.05, 3.63) is 23.7 Å². The maximum atomic E-state index is 8.88. The summed E-state index contributed by atoms with van der Waals surface area (Å²) in [6.07, 6.45) is 3.79. The third kappa shape index (κ3) is 2.25. The van der Waals surface area contributed by atoms with Gasteiger partial charge in [-0.3, -0.25) is 0 Å². The van der Waals surface area contributed by atoms with E-state index in [0.29, 0.717) is 23.9 Å². The molecule has 1 saturated heterocycles. The van der Waals surface area contributed by atoms with E-state index < -0.39 is 0 Å². The zero-order chi connectivity index (χ0) is 13.2. The van der Waals surface area contributed by atoms with Crippen LogP contribution in [0.25, 0.3) is 11.6 Å². The van der Waals surface area contributed by atoms with E-state index in [1.54, 1.807) is 12.3 Å². The van der Waals surface area contributed by atoms with E-state index in [-0.39, 0.29) is 5.92 Å². The highest BCUT2D eigenvalue weighted by molar-refractivity contribution is 5.52. The first-order valence-electron chi connectivity index (χ1n) is 6.26. The molecular formula is C13H14N4O2. The summed E-state index contributed by atoms with van der Waals surface area (Å²) in [6.45, 7) is 1.46. The van der Waals surface area contributed by atoms with Gasteiger partial charge in [-0.15, -0.1) is 0 Å². The van der Waals surface area contributed by atoms with Gasteiger partial charge >= 0.3 is 0 Å². The number of aromatic nitrogens is 3. The van der Waals surface area contributed by atoms with Crippen LogP contribution >= 0.6 is 0 Å². The van der Waals surface area contributed by atoms with Crippen LogP contribution in [0.3, 0.4) is 0 Å². The Morgan fingerprint density at radius 1 is 1.53 bits per heavy atom. The van der Waals surface area contributed by atoms with E-state index in [1.165, 1.54) is 0 Å². The second kappa shape index (κ2) is 4.86. The molecule has 3 heterocycles. The van der Waals surface area contributed by atoms with E-state index in [4.69, 9.17) is 14.5 Å². The van der Waals surface area contributed by atoms with Crippen molar-refractivity contribution in [3.63, 3.8) is 0 Å². The van der Waals surface area contributed by atoms with Crippen molar-refractivity contribution in [2.75, 3.05) is 13.2 Å². The summed E-state index contributed by atoms with van der Waals surface area (Å²) >= 11 is 0. The lowest BCUT2D eigenvalue weighted by atomic mass is 10.0. The summed E-state index contributed by atoms with van der Waals surface area (Å²) < 4.78 is 12.5. The number of hydrogen-bond acceptors (Lipinski definition) is 5. The standard InChI is InChI=1S/C13H14N4O2/c1-17-7-9(6-14)5-11(17)13-15-12(16-19-13)10-3-2-4-18-8-10/h5,7,10H,2-4,8H2,1H3. The molecule has 0 radical (unpaired) electrons. The Morgan fingerprint density at radius 2 is 2.42 bits per heavy atom. The van der Waals surface area contributed by atoms with Crippen LogP contribution in [0.4, 0.5) is 0 Å². The van der Waals surface area contributed by atoms with Crippen LogP contribution in [0.5, 0.6) is 0 Å². The molecule has 1 aliphatic rings. The predicted octanol–water partition coefficient (Wildman–Crippen LogP) is 1.84. The Balaban J connectivity index is 1.88. The van der Waals surface area contributed by atoms with Crippen molar-refractivity contribution in [2.24, 2.45) is 7.05 Å². The van der Waals surface area contributed by atoms with Gasteiger partial charge in [-0.1, -0.05) is 5.16 Å². The van der Waals surface area contributed by atoms with Crippen LogP contribution in [0.1, 0.15) is 30.1 Å². The van der Waals surface area contributed by atoms with Gasteiger partial charge < -0.3 is 13.8 Å². The van der Waals surface area contributed by atoms with Crippen molar-refractivity contribution in [2.45, 2.75) is 18.8 Å². The van der Waals surface area contributed by atoms with Crippen molar-refractivity contribution in [1.82, 2.24) is 14.7 Å². The molecule has 19 heavy (non-hydrogen) atoms. The Kier molecular flexibility index (Phi) is 3.05. The Bertz CT molecular complexity index is 617. The SMILES string of the molecule is Cn1cc(C#N)cc1-c1nc(C2CCCOC2)no1. The highest BCUT2D eigenvalue weighted by Gasteiger charge is 2.22. The molecule has 2 aromatic rings. The smallest absolute Gasteiger partial charge is 0.274 e. The second-order valence-corrected chi connectivity index (χ2v) is 4.71. The molecule has 1 atom stereocenters. The molecule has 0 amide bonds. The highest BCUT2D eigenvalue weighted by atomic mass is 16.5. The molecule has 1 unspecified atom stereocenters. The fourth-order valence-electron chi connectivity index (χ4n) is 2.29. The van der Waals surface area contributed by atoms with E-state index >= 15 is 0 Å². The minimum Gasteiger partial charge on any atom is -0.381 e. The maximum Gasteiger partial charge on any atom is 0.274 e.